The fourth-order valence-corrected chi connectivity index (χ4v) is 1.48. The third kappa shape index (κ3) is 1.55. The Balaban J connectivity index is 2.63. The number of nitrogens with zero attached hydrogens (tertiary/aromatic N) is 1. The Hall–Kier alpha value is -1.57. The second-order valence-electron chi connectivity index (χ2n) is 3.57. The monoisotopic (exact) mass is 189 g/mol. The Bertz CT molecular complexity index is 463. The molecule has 0 spiro atoms. The molecule has 0 bridgehead atoms. The summed E-state index contributed by atoms with van der Waals surface area (Å²) in [4.78, 5) is 2.00. The van der Waals surface area contributed by atoms with Gasteiger partial charge in [0.1, 0.15) is 5.82 Å². The van der Waals surface area contributed by atoms with Crippen molar-refractivity contribution in [3.63, 3.8) is 0 Å². The lowest BCUT2D eigenvalue weighted by molar-refractivity contribution is 0.630. The molecule has 72 valence electrons. The minimum atomic E-state index is -0.187. The van der Waals surface area contributed by atoms with Crippen LogP contribution in [-0.2, 0) is 0 Å². The van der Waals surface area contributed by atoms with Gasteiger partial charge in [-0.05, 0) is 35.0 Å². The molecule has 0 atom stereocenters. The Labute approximate surface area is 82.8 Å². The second kappa shape index (κ2) is 3.29. The summed E-state index contributed by atoms with van der Waals surface area (Å²) in [6.07, 6.45) is 0. The van der Waals surface area contributed by atoms with E-state index >= 15 is 0 Å². The van der Waals surface area contributed by atoms with E-state index in [0.29, 0.717) is 0 Å². The van der Waals surface area contributed by atoms with Crippen molar-refractivity contribution in [2.45, 2.75) is 0 Å². The Morgan fingerprint density at radius 2 is 1.64 bits per heavy atom. The van der Waals surface area contributed by atoms with Crippen LogP contribution in [0.4, 0.5) is 10.1 Å². The van der Waals surface area contributed by atoms with E-state index in [2.05, 4.69) is 0 Å². The van der Waals surface area contributed by atoms with Crippen molar-refractivity contribution in [2.75, 3.05) is 19.0 Å². The minimum absolute atomic E-state index is 0.187. The zero-order valence-corrected chi connectivity index (χ0v) is 8.29. The SMILES string of the molecule is CN(C)c1ccc2ccc(F)cc2c1. The molecule has 2 aromatic rings. The third-order valence-electron chi connectivity index (χ3n) is 2.30. The Morgan fingerprint density at radius 1 is 0.929 bits per heavy atom. The smallest absolute Gasteiger partial charge is 0.123 e. The molecule has 0 aliphatic carbocycles. The number of benzene rings is 2. The first-order chi connectivity index (χ1) is 6.66. The van der Waals surface area contributed by atoms with E-state index < -0.39 is 0 Å². The van der Waals surface area contributed by atoms with Crippen LogP contribution in [0.1, 0.15) is 0 Å². The third-order valence-corrected chi connectivity index (χ3v) is 2.30. The molecule has 0 aliphatic heterocycles. The standard InChI is InChI=1S/C12H12FN/c1-14(2)12-6-4-9-3-5-11(13)7-10(9)8-12/h3-8H,1-2H3. The molecule has 2 rings (SSSR count). The van der Waals surface area contributed by atoms with E-state index in [9.17, 15) is 4.39 Å². The van der Waals surface area contributed by atoms with Crippen LogP contribution < -0.4 is 4.90 Å². The molecule has 0 aromatic heterocycles. The van der Waals surface area contributed by atoms with Gasteiger partial charge in [0.05, 0.1) is 0 Å². The summed E-state index contributed by atoms with van der Waals surface area (Å²) in [6, 6.07) is 10.9. The molecule has 0 heterocycles. The highest BCUT2D eigenvalue weighted by atomic mass is 19.1. The quantitative estimate of drug-likeness (QED) is 0.666. The molecule has 2 aromatic carbocycles. The summed E-state index contributed by atoms with van der Waals surface area (Å²) in [6.45, 7) is 0. The second-order valence-corrected chi connectivity index (χ2v) is 3.57. The average molecular weight is 189 g/mol. The first kappa shape index (κ1) is 9.00. The molecule has 14 heavy (non-hydrogen) atoms. The number of rotatable bonds is 1. The van der Waals surface area contributed by atoms with Crippen LogP contribution in [0.25, 0.3) is 10.8 Å². The number of halogens is 1. The molecule has 1 nitrogen and oxygen atoms in total. The maximum absolute atomic E-state index is 13.0. The molecular weight excluding hydrogens is 177 g/mol. The van der Waals surface area contributed by atoms with Gasteiger partial charge < -0.3 is 4.90 Å². The van der Waals surface area contributed by atoms with E-state index in [1.54, 1.807) is 12.1 Å². The molecule has 0 fully saturated rings. The predicted octanol–water partition coefficient (Wildman–Crippen LogP) is 3.04. The molecule has 0 radical (unpaired) electrons. The molecule has 2 heteroatoms. The summed E-state index contributed by atoms with van der Waals surface area (Å²) in [5.74, 6) is -0.187. The Kier molecular flexibility index (Phi) is 2.12. The van der Waals surface area contributed by atoms with Crippen LogP contribution in [0.2, 0.25) is 0 Å². The highest BCUT2D eigenvalue weighted by Gasteiger charge is 1.99. The number of fused-ring (bicyclic) bond motifs is 1. The highest BCUT2D eigenvalue weighted by molar-refractivity contribution is 5.85. The summed E-state index contributed by atoms with van der Waals surface area (Å²) in [5.41, 5.74) is 1.09. The topological polar surface area (TPSA) is 3.24 Å². The zero-order chi connectivity index (χ0) is 10.1. The van der Waals surface area contributed by atoms with Crippen molar-refractivity contribution >= 4 is 16.5 Å². The minimum Gasteiger partial charge on any atom is -0.378 e. The molecule has 0 aliphatic rings. The van der Waals surface area contributed by atoms with E-state index in [-0.39, 0.29) is 5.82 Å². The van der Waals surface area contributed by atoms with Gasteiger partial charge >= 0.3 is 0 Å². The number of hydrogen-bond acceptors (Lipinski definition) is 1. The highest BCUT2D eigenvalue weighted by Crippen LogP contribution is 2.21. The molecule has 0 N–H and O–H groups in total. The van der Waals surface area contributed by atoms with Gasteiger partial charge in [-0.1, -0.05) is 12.1 Å². The summed E-state index contributed by atoms with van der Waals surface area (Å²) >= 11 is 0. The zero-order valence-electron chi connectivity index (χ0n) is 8.29. The summed E-state index contributed by atoms with van der Waals surface area (Å²) in [7, 11) is 3.95. The van der Waals surface area contributed by atoms with E-state index in [1.807, 2.05) is 37.2 Å². The molecule has 0 unspecified atom stereocenters. The van der Waals surface area contributed by atoms with Crippen molar-refractivity contribution in [3.8, 4) is 0 Å². The lowest BCUT2D eigenvalue weighted by Crippen LogP contribution is -2.07. The van der Waals surface area contributed by atoms with Crippen LogP contribution >= 0.6 is 0 Å². The van der Waals surface area contributed by atoms with E-state index in [1.165, 1.54) is 6.07 Å². The molecule has 0 amide bonds. The van der Waals surface area contributed by atoms with Gasteiger partial charge in [-0.25, -0.2) is 4.39 Å². The Morgan fingerprint density at radius 3 is 2.36 bits per heavy atom. The van der Waals surface area contributed by atoms with Gasteiger partial charge in [-0.15, -0.1) is 0 Å². The normalized spacial score (nSPS) is 10.5. The van der Waals surface area contributed by atoms with Crippen molar-refractivity contribution in [2.24, 2.45) is 0 Å². The van der Waals surface area contributed by atoms with Crippen molar-refractivity contribution < 1.29 is 4.39 Å². The maximum Gasteiger partial charge on any atom is 0.123 e. The predicted molar refractivity (Wildman–Crippen MR) is 58.2 cm³/mol. The molecule has 0 saturated carbocycles. The lowest BCUT2D eigenvalue weighted by atomic mass is 10.1. The van der Waals surface area contributed by atoms with Crippen LogP contribution in [0, 0.1) is 5.82 Å². The molecular formula is C12H12FN. The van der Waals surface area contributed by atoms with Crippen LogP contribution in [0.15, 0.2) is 36.4 Å². The molecule has 0 saturated heterocycles. The van der Waals surface area contributed by atoms with Gasteiger partial charge in [0.15, 0.2) is 0 Å². The van der Waals surface area contributed by atoms with Crippen molar-refractivity contribution in [1.82, 2.24) is 0 Å². The summed E-state index contributed by atoms with van der Waals surface area (Å²) < 4.78 is 13.0. The first-order valence-corrected chi connectivity index (χ1v) is 4.53. The fraction of sp³-hybridized carbons (Fsp3) is 0.167. The average Bonchev–Trinajstić information content (AvgIpc) is 2.16. The van der Waals surface area contributed by atoms with Crippen LogP contribution in [0.5, 0.6) is 0 Å². The van der Waals surface area contributed by atoms with Gasteiger partial charge in [-0.3, -0.25) is 0 Å². The maximum atomic E-state index is 13.0. The first-order valence-electron chi connectivity index (χ1n) is 4.53. The van der Waals surface area contributed by atoms with Crippen molar-refractivity contribution in [3.05, 3.63) is 42.2 Å². The number of hydrogen-bond donors (Lipinski definition) is 0. The number of anilines is 1. The van der Waals surface area contributed by atoms with Crippen LogP contribution in [0.3, 0.4) is 0 Å². The van der Waals surface area contributed by atoms with Gasteiger partial charge in [-0.2, -0.15) is 0 Å². The van der Waals surface area contributed by atoms with E-state index in [0.717, 1.165) is 16.5 Å². The van der Waals surface area contributed by atoms with Gasteiger partial charge in [0.2, 0.25) is 0 Å². The lowest BCUT2D eigenvalue weighted by Gasteiger charge is -2.12. The van der Waals surface area contributed by atoms with Gasteiger partial charge in [0, 0.05) is 19.8 Å². The van der Waals surface area contributed by atoms with Crippen molar-refractivity contribution in [1.29, 1.82) is 0 Å². The van der Waals surface area contributed by atoms with Crippen LogP contribution in [-0.4, -0.2) is 14.1 Å². The van der Waals surface area contributed by atoms with E-state index in [4.69, 9.17) is 0 Å². The van der Waals surface area contributed by atoms with Gasteiger partial charge in [0.25, 0.3) is 0 Å². The summed E-state index contributed by atoms with van der Waals surface area (Å²) in [5, 5.41) is 2.01. The largest absolute Gasteiger partial charge is 0.378 e. The fourth-order valence-electron chi connectivity index (χ4n) is 1.48.